The van der Waals surface area contributed by atoms with Crippen molar-refractivity contribution >= 4 is 30.0 Å². The number of hydrogen-bond acceptors (Lipinski definition) is 4. The van der Waals surface area contributed by atoms with Gasteiger partial charge in [0.15, 0.2) is 0 Å². The first-order chi connectivity index (χ1) is 13.0. The summed E-state index contributed by atoms with van der Waals surface area (Å²) in [5.41, 5.74) is 2.49. The number of nitrogens with zero attached hydrogens (tertiary/aromatic N) is 2. The molecule has 2 atom stereocenters. The largest absolute Gasteiger partial charge is 0.348 e. The lowest BCUT2D eigenvalue weighted by molar-refractivity contribution is -0.123. The average molecular weight is 407 g/mol. The molecular weight excluding hydrogens is 380 g/mol. The van der Waals surface area contributed by atoms with Gasteiger partial charge in [0, 0.05) is 30.5 Å². The third-order valence-electron chi connectivity index (χ3n) is 4.55. The second-order valence-electron chi connectivity index (χ2n) is 6.89. The van der Waals surface area contributed by atoms with E-state index in [0.717, 1.165) is 29.7 Å². The van der Waals surface area contributed by atoms with Gasteiger partial charge >= 0.3 is 6.03 Å². The maximum Gasteiger partial charge on any atom is 0.319 e. The molecule has 3 rings (SSSR count). The molecule has 1 aromatic carbocycles. The van der Waals surface area contributed by atoms with Crippen LogP contribution in [0.4, 0.5) is 10.5 Å². The number of carbonyl (C=O) groups is 2. The molecule has 9 heteroatoms. The standard InChI is InChI=1S/C19H26N6O2.ClH/c1-12(22-18(26)17(20-2)14-10-21-25(3)11-14)13-4-6-15(7-5-13)23-19(27)24-16-8-9-16;/h4-7,10-12,16-17,20H,8-9H2,1-3H3,(H,22,26)(H2,23,24,27);1H. The lowest BCUT2D eigenvalue weighted by atomic mass is 10.1. The van der Waals surface area contributed by atoms with Crippen LogP contribution in [0.5, 0.6) is 0 Å². The van der Waals surface area contributed by atoms with Gasteiger partial charge in [-0.2, -0.15) is 5.10 Å². The van der Waals surface area contributed by atoms with Gasteiger partial charge < -0.3 is 21.3 Å². The molecule has 0 saturated heterocycles. The molecule has 0 radical (unpaired) electrons. The smallest absolute Gasteiger partial charge is 0.319 e. The Balaban J connectivity index is 0.00000280. The van der Waals surface area contributed by atoms with Gasteiger partial charge in [-0.05, 0) is 44.5 Å². The topological polar surface area (TPSA) is 100 Å². The second-order valence-corrected chi connectivity index (χ2v) is 6.89. The summed E-state index contributed by atoms with van der Waals surface area (Å²) < 4.78 is 1.67. The molecule has 1 saturated carbocycles. The summed E-state index contributed by atoms with van der Waals surface area (Å²) in [6.07, 6.45) is 5.60. The maximum atomic E-state index is 12.6. The molecule has 1 fully saturated rings. The van der Waals surface area contributed by atoms with Crippen LogP contribution in [0, 0.1) is 0 Å². The summed E-state index contributed by atoms with van der Waals surface area (Å²) >= 11 is 0. The Hall–Kier alpha value is -2.58. The zero-order valence-corrected chi connectivity index (χ0v) is 17.0. The molecule has 3 amide bonds. The molecule has 2 unspecified atom stereocenters. The normalized spacial score (nSPS) is 15.1. The van der Waals surface area contributed by atoms with Crippen molar-refractivity contribution < 1.29 is 9.59 Å². The van der Waals surface area contributed by atoms with Crippen molar-refractivity contribution in [2.45, 2.75) is 37.9 Å². The zero-order valence-electron chi connectivity index (χ0n) is 16.2. The Bertz CT molecular complexity index is 803. The SMILES string of the molecule is CNC(C(=O)NC(C)c1ccc(NC(=O)NC2CC2)cc1)c1cnn(C)c1.Cl. The van der Waals surface area contributed by atoms with E-state index in [-0.39, 0.29) is 30.4 Å². The van der Waals surface area contributed by atoms with Crippen LogP contribution < -0.4 is 21.3 Å². The number of urea groups is 1. The highest BCUT2D eigenvalue weighted by Crippen LogP contribution is 2.20. The number of likely N-dealkylation sites (N-methyl/N-ethyl adjacent to an activating group) is 1. The van der Waals surface area contributed by atoms with Crippen molar-refractivity contribution in [1.29, 1.82) is 0 Å². The van der Waals surface area contributed by atoms with Crippen molar-refractivity contribution in [3.63, 3.8) is 0 Å². The molecule has 1 aliphatic rings. The summed E-state index contributed by atoms with van der Waals surface area (Å²) in [5.74, 6) is -0.121. The first kappa shape index (κ1) is 21.7. The molecule has 0 bridgehead atoms. The van der Waals surface area contributed by atoms with E-state index in [1.807, 2.05) is 44.4 Å². The van der Waals surface area contributed by atoms with Gasteiger partial charge in [-0.1, -0.05) is 12.1 Å². The van der Waals surface area contributed by atoms with Gasteiger partial charge in [-0.15, -0.1) is 12.4 Å². The summed E-state index contributed by atoms with van der Waals surface area (Å²) in [5, 5.41) is 15.8. The van der Waals surface area contributed by atoms with E-state index in [9.17, 15) is 9.59 Å². The summed E-state index contributed by atoms with van der Waals surface area (Å²) in [6, 6.07) is 6.97. The third-order valence-corrected chi connectivity index (χ3v) is 4.55. The van der Waals surface area contributed by atoms with Gasteiger partial charge in [-0.3, -0.25) is 9.48 Å². The van der Waals surface area contributed by atoms with Gasteiger partial charge in [0.1, 0.15) is 6.04 Å². The number of carbonyl (C=O) groups excluding carboxylic acids is 2. The summed E-state index contributed by atoms with van der Waals surface area (Å²) in [4.78, 5) is 24.4. The van der Waals surface area contributed by atoms with Crippen LogP contribution >= 0.6 is 12.4 Å². The molecule has 2 aromatic rings. The molecule has 8 nitrogen and oxygen atoms in total. The lowest BCUT2D eigenvalue weighted by Crippen LogP contribution is -2.37. The van der Waals surface area contributed by atoms with Crippen LogP contribution in [0.25, 0.3) is 0 Å². The highest BCUT2D eigenvalue weighted by atomic mass is 35.5. The minimum Gasteiger partial charge on any atom is -0.348 e. The highest BCUT2D eigenvalue weighted by Gasteiger charge is 2.23. The molecule has 28 heavy (non-hydrogen) atoms. The van der Waals surface area contributed by atoms with E-state index in [1.165, 1.54) is 0 Å². The molecular formula is C19H27ClN6O2. The van der Waals surface area contributed by atoms with Gasteiger partial charge in [0.2, 0.25) is 5.91 Å². The Labute approximate surface area is 170 Å². The fourth-order valence-electron chi connectivity index (χ4n) is 2.85. The van der Waals surface area contributed by atoms with E-state index in [0.29, 0.717) is 6.04 Å². The Morgan fingerprint density at radius 1 is 1.18 bits per heavy atom. The van der Waals surface area contributed by atoms with Crippen molar-refractivity contribution in [2.24, 2.45) is 7.05 Å². The molecule has 0 aliphatic heterocycles. The van der Waals surface area contributed by atoms with Gasteiger partial charge in [0.05, 0.1) is 12.2 Å². The number of anilines is 1. The Morgan fingerprint density at radius 2 is 1.86 bits per heavy atom. The van der Waals surface area contributed by atoms with Crippen molar-refractivity contribution in [1.82, 2.24) is 25.7 Å². The highest BCUT2D eigenvalue weighted by molar-refractivity contribution is 5.89. The van der Waals surface area contributed by atoms with Crippen molar-refractivity contribution in [3.8, 4) is 0 Å². The predicted molar refractivity (Wildman–Crippen MR) is 110 cm³/mol. The third kappa shape index (κ3) is 5.71. The number of halogens is 1. The van der Waals surface area contributed by atoms with E-state index in [2.05, 4.69) is 26.4 Å². The number of benzene rings is 1. The molecule has 1 heterocycles. The summed E-state index contributed by atoms with van der Waals surface area (Å²) in [6.45, 7) is 1.93. The predicted octanol–water partition coefficient (Wildman–Crippen LogP) is 2.26. The van der Waals surface area contributed by atoms with Gasteiger partial charge in [-0.25, -0.2) is 4.79 Å². The number of aryl methyl sites for hydroxylation is 1. The van der Waals surface area contributed by atoms with Crippen LogP contribution in [-0.2, 0) is 11.8 Å². The molecule has 4 N–H and O–H groups in total. The number of aromatic nitrogens is 2. The van der Waals surface area contributed by atoms with E-state index in [4.69, 9.17) is 0 Å². The number of nitrogens with one attached hydrogen (secondary N) is 4. The fourth-order valence-corrected chi connectivity index (χ4v) is 2.85. The maximum absolute atomic E-state index is 12.6. The number of amides is 3. The molecule has 1 aromatic heterocycles. The van der Waals surface area contributed by atoms with E-state index >= 15 is 0 Å². The fraction of sp³-hybridized carbons (Fsp3) is 0.421. The summed E-state index contributed by atoms with van der Waals surface area (Å²) in [7, 11) is 3.56. The monoisotopic (exact) mass is 406 g/mol. The zero-order chi connectivity index (χ0) is 19.4. The first-order valence-electron chi connectivity index (χ1n) is 9.10. The van der Waals surface area contributed by atoms with Gasteiger partial charge in [0.25, 0.3) is 0 Å². The molecule has 1 aliphatic carbocycles. The molecule has 152 valence electrons. The van der Waals surface area contributed by atoms with E-state index in [1.54, 1.807) is 17.9 Å². The minimum absolute atomic E-state index is 0. The van der Waals surface area contributed by atoms with Crippen LogP contribution in [0.3, 0.4) is 0 Å². The number of rotatable bonds is 7. The average Bonchev–Trinajstić information content (AvgIpc) is 3.34. The number of hydrogen-bond donors (Lipinski definition) is 4. The molecule has 0 spiro atoms. The first-order valence-corrected chi connectivity index (χ1v) is 9.10. The minimum atomic E-state index is -0.465. The van der Waals surface area contributed by atoms with Crippen molar-refractivity contribution in [2.75, 3.05) is 12.4 Å². The van der Waals surface area contributed by atoms with Crippen LogP contribution in [0.2, 0.25) is 0 Å². The van der Waals surface area contributed by atoms with Crippen LogP contribution in [0.1, 0.15) is 43.0 Å². The van der Waals surface area contributed by atoms with E-state index < -0.39 is 6.04 Å². The van der Waals surface area contributed by atoms with Crippen LogP contribution in [-0.4, -0.2) is 34.8 Å². The van der Waals surface area contributed by atoms with Crippen LogP contribution in [0.15, 0.2) is 36.7 Å². The Kier molecular flexibility index (Phi) is 7.42. The Morgan fingerprint density at radius 3 is 2.39 bits per heavy atom. The lowest BCUT2D eigenvalue weighted by Gasteiger charge is -2.19. The quantitative estimate of drug-likeness (QED) is 0.566. The van der Waals surface area contributed by atoms with Crippen molar-refractivity contribution in [3.05, 3.63) is 47.8 Å². The second kappa shape index (κ2) is 9.57.